The van der Waals surface area contributed by atoms with Gasteiger partial charge in [-0.3, -0.25) is 0 Å². The Balaban J connectivity index is 1.59. The molecule has 0 aliphatic rings. The predicted octanol–water partition coefficient (Wildman–Crippen LogP) is 2.82. The number of aromatic nitrogens is 3. The van der Waals surface area contributed by atoms with Gasteiger partial charge in [0, 0.05) is 5.41 Å². The number of aliphatic hydroxyl groups excluding tert-OH is 3. The van der Waals surface area contributed by atoms with Crippen molar-refractivity contribution in [3.8, 4) is 11.5 Å². The molecule has 0 saturated heterocycles. The summed E-state index contributed by atoms with van der Waals surface area (Å²) in [7, 11) is 0. The number of hydrogen-bond acceptors (Lipinski definition) is 7. The van der Waals surface area contributed by atoms with Gasteiger partial charge < -0.3 is 24.8 Å². The molecule has 0 spiro atoms. The van der Waals surface area contributed by atoms with E-state index in [0.29, 0.717) is 11.4 Å². The van der Waals surface area contributed by atoms with Gasteiger partial charge in [0.1, 0.15) is 42.6 Å². The third-order valence-corrected chi connectivity index (χ3v) is 6.03. The summed E-state index contributed by atoms with van der Waals surface area (Å²) >= 11 is 5.63. The third-order valence-electron chi connectivity index (χ3n) is 5.67. The van der Waals surface area contributed by atoms with Crippen molar-refractivity contribution in [1.82, 2.24) is 15.0 Å². The van der Waals surface area contributed by atoms with Crippen LogP contribution in [0.5, 0.6) is 11.5 Å². The van der Waals surface area contributed by atoms with Gasteiger partial charge in [-0.2, -0.15) is 0 Å². The van der Waals surface area contributed by atoms with E-state index in [1.54, 1.807) is 6.20 Å². The highest BCUT2D eigenvalue weighted by Crippen LogP contribution is 2.34. The number of aryl methyl sites for hydroxylation is 1. The first-order valence-corrected chi connectivity index (χ1v) is 11.7. The zero-order chi connectivity index (χ0) is 24.7. The van der Waals surface area contributed by atoms with E-state index >= 15 is 0 Å². The van der Waals surface area contributed by atoms with E-state index in [4.69, 9.17) is 26.2 Å². The Morgan fingerprint density at radius 2 is 1.68 bits per heavy atom. The topological polar surface area (TPSA) is 110 Å². The maximum Gasteiger partial charge on any atom is 0.122 e. The van der Waals surface area contributed by atoms with Crippen molar-refractivity contribution in [3.63, 3.8) is 0 Å². The van der Waals surface area contributed by atoms with E-state index in [9.17, 15) is 10.2 Å². The molecule has 3 N–H and O–H groups in total. The van der Waals surface area contributed by atoms with Crippen LogP contribution in [0.4, 0.5) is 0 Å². The number of benzene rings is 2. The molecular formula is C25H32ClN3O5. The highest BCUT2D eigenvalue weighted by atomic mass is 35.5. The van der Waals surface area contributed by atoms with Gasteiger partial charge in [0.05, 0.1) is 25.2 Å². The SMILES string of the molecule is Cc1cc(C(C)(C)c2ccc(OCC(O)Cn3cc(CO)nn3)cc2)ccc1OCC(O)CCl. The molecule has 2 aromatic carbocycles. The fraction of sp³-hybridized carbons (Fsp3) is 0.440. The molecule has 0 saturated carbocycles. The standard InChI is InChI=1S/C25H32ClN3O5/c1-17-10-19(6-9-24(17)34-15-21(31)11-26)25(2,3)18-4-7-23(8-5-18)33-16-22(32)13-29-12-20(14-30)27-28-29/h4-10,12,21-22,30-32H,11,13-16H2,1-3H3. The van der Waals surface area contributed by atoms with Gasteiger partial charge in [-0.05, 0) is 41.8 Å². The summed E-state index contributed by atoms with van der Waals surface area (Å²) in [5, 5.41) is 36.5. The fourth-order valence-electron chi connectivity index (χ4n) is 3.53. The van der Waals surface area contributed by atoms with Crippen LogP contribution < -0.4 is 9.47 Å². The first kappa shape index (κ1) is 26.0. The minimum Gasteiger partial charge on any atom is -0.491 e. The second-order valence-electron chi connectivity index (χ2n) is 8.80. The summed E-state index contributed by atoms with van der Waals surface area (Å²) in [4.78, 5) is 0. The van der Waals surface area contributed by atoms with Crippen molar-refractivity contribution >= 4 is 11.6 Å². The van der Waals surface area contributed by atoms with Crippen LogP contribution in [0.1, 0.15) is 36.2 Å². The van der Waals surface area contributed by atoms with Crippen molar-refractivity contribution in [2.45, 2.75) is 51.5 Å². The Bertz CT molecular complexity index is 1050. The number of ether oxygens (including phenoxy) is 2. The lowest BCUT2D eigenvalue weighted by atomic mass is 9.77. The molecule has 184 valence electrons. The molecule has 0 fully saturated rings. The molecule has 1 aromatic heterocycles. The molecule has 0 radical (unpaired) electrons. The summed E-state index contributed by atoms with van der Waals surface area (Å²) in [6.45, 7) is 6.58. The molecule has 0 aliphatic heterocycles. The molecule has 3 aromatic rings. The second kappa shape index (κ2) is 11.7. The third kappa shape index (κ3) is 6.70. The molecule has 1 heterocycles. The Hall–Kier alpha value is -2.65. The van der Waals surface area contributed by atoms with E-state index in [-0.39, 0.29) is 37.7 Å². The monoisotopic (exact) mass is 489 g/mol. The number of alkyl halides is 1. The smallest absolute Gasteiger partial charge is 0.122 e. The number of aliphatic hydroxyl groups is 3. The van der Waals surface area contributed by atoms with Gasteiger partial charge in [0.15, 0.2) is 0 Å². The van der Waals surface area contributed by atoms with Crippen LogP contribution in [-0.4, -0.2) is 61.6 Å². The zero-order valence-electron chi connectivity index (χ0n) is 19.7. The Morgan fingerprint density at radius 1 is 1.00 bits per heavy atom. The van der Waals surface area contributed by atoms with Gasteiger partial charge in [0.2, 0.25) is 0 Å². The zero-order valence-corrected chi connectivity index (χ0v) is 20.4. The average molecular weight is 490 g/mol. The van der Waals surface area contributed by atoms with Gasteiger partial charge in [-0.15, -0.1) is 16.7 Å². The van der Waals surface area contributed by atoms with Crippen molar-refractivity contribution in [3.05, 3.63) is 71.0 Å². The molecule has 0 aliphatic carbocycles. The minimum atomic E-state index is -0.765. The maximum absolute atomic E-state index is 10.2. The van der Waals surface area contributed by atoms with Crippen LogP contribution in [0.3, 0.4) is 0 Å². The number of hydrogen-bond donors (Lipinski definition) is 3. The quantitative estimate of drug-likeness (QED) is 0.335. The van der Waals surface area contributed by atoms with Crippen molar-refractivity contribution in [1.29, 1.82) is 0 Å². The first-order valence-electron chi connectivity index (χ1n) is 11.1. The van der Waals surface area contributed by atoms with Gasteiger partial charge in [-0.25, -0.2) is 4.68 Å². The second-order valence-corrected chi connectivity index (χ2v) is 9.11. The van der Waals surface area contributed by atoms with Crippen LogP contribution in [-0.2, 0) is 18.6 Å². The average Bonchev–Trinajstić information content (AvgIpc) is 3.29. The van der Waals surface area contributed by atoms with Gasteiger partial charge in [0.25, 0.3) is 0 Å². The number of rotatable bonds is 12. The van der Waals surface area contributed by atoms with Gasteiger partial charge in [-0.1, -0.05) is 43.3 Å². The van der Waals surface area contributed by atoms with Crippen LogP contribution in [0, 0.1) is 6.92 Å². The van der Waals surface area contributed by atoms with E-state index in [2.05, 4.69) is 30.2 Å². The molecule has 3 rings (SSSR count). The highest BCUT2D eigenvalue weighted by Gasteiger charge is 2.24. The normalized spacial score (nSPS) is 13.5. The summed E-state index contributed by atoms with van der Waals surface area (Å²) in [6, 6.07) is 13.9. The summed E-state index contributed by atoms with van der Waals surface area (Å²) in [6.07, 6.45) is 0.128. The molecule has 34 heavy (non-hydrogen) atoms. The van der Waals surface area contributed by atoms with E-state index in [1.807, 2.05) is 43.3 Å². The lowest BCUT2D eigenvalue weighted by Crippen LogP contribution is -2.24. The molecule has 9 heteroatoms. The fourth-order valence-corrected chi connectivity index (χ4v) is 3.62. The highest BCUT2D eigenvalue weighted by molar-refractivity contribution is 6.18. The lowest BCUT2D eigenvalue weighted by molar-refractivity contribution is 0.0888. The van der Waals surface area contributed by atoms with E-state index in [0.717, 1.165) is 22.4 Å². The molecule has 2 unspecified atom stereocenters. The largest absolute Gasteiger partial charge is 0.491 e. The minimum absolute atomic E-state index is 0.107. The van der Waals surface area contributed by atoms with Crippen LogP contribution in [0.15, 0.2) is 48.7 Å². The van der Waals surface area contributed by atoms with E-state index in [1.165, 1.54) is 4.68 Å². The molecule has 0 amide bonds. The van der Waals surface area contributed by atoms with Crippen molar-refractivity contribution in [2.75, 3.05) is 19.1 Å². The summed E-state index contributed by atoms with van der Waals surface area (Å²) in [5.74, 6) is 1.52. The Labute approximate surface area is 204 Å². The predicted molar refractivity (Wildman–Crippen MR) is 129 cm³/mol. The Kier molecular flexibility index (Phi) is 8.90. The number of nitrogens with zero attached hydrogens (tertiary/aromatic N) is 3. The van der Waals surface area contributed by atoms with Crippen molar-refractivity contribution in [2.24, 2.45) is 0 Å². The maximum atomic E-state index is 10.2. The van der Waals surface area contributed by atoms with Crippen molar-refractivity contribution < 1.29 is 24.8 Å². The summed E-state index contributed by atoms with van der Waals surface area (Å²) in [5.41, 5.74) is 3.43. The van der Waals surface area contributed by atoms with Gasteiger partial charge >= 0.3 is 0 Å². The van der Waals surface area contributed by atoms with E-state index < -0.39 is 12.2 Å². The number of halogens is 1. The summed E-state index contributed by atoms with van der Waals surface area (Å²) < 4.78 is 12.9. The molecule has 8 nitrogen and oxygen atoms in total. The van der Waals surface area contributed by atoms with Crippen LogP contribution in [0.25, 0.3) is 0 Å². The van der Waals surface area contributed by atoms with Crippen LogP contribution in [0.2, 0.25) is 0 Å². The molecule has 0 bridgehead atoms. The Morgan fingerprint density at radius 3 is 2.29 bits per heavy atom. The van der Waals surface area contributed by atoms with Crippen LogP contribution >= 0.6 is 11.6 Å². The first-order chi connectivity index (χ1) is 16.2. The lowest BCUT2D eigenvalue weighted by Gasteiger charge is -2.27. The molecular weight excluding hydrogens is 458 g/mol. The molecule has 2 atom stereocenters.